The van der Waals surface area contributed by atoms with Gasteiger partial charge in [0.2, 0.25) is 6.29 Å². The van der Waals surface area contributed by atoms with Gasteiger partial charge in [-0.25, -0.2) is 0 Å². The van der Waals surface area contributed by atoms with E-state index in [1.165, 1.54) is 11.1 Å². The molecule has 0 aromatic heterocycles. The zero-order valence-electron chi connectivity index (χ0n) is 12.9. The summed E-state index contributed by atoms with van der Waals surface area (Å²) < 4.78 is 11.7. The summed E-state index contributed by atoms with van der Waals surface area (Å²) in [6.07, 6.45) is -0.321. The molecule has 0 N–H and O–H groups in total. The smallest absolute Gasteiger partial charge is 0.238 e. The van der Waals surface area contributed by atoms with Crippen LogP contribution in [0.4, 0.5) is 0 Å². The summed E-state index contributed by atoms with van der Waals surface area (Å²) in [4.78, 5) is 0. The van der Waals surface area contributed by atoms with Gasteiger partial charge in [-0.1, -0.05) is 35.4 Å². The summed E-state index contributed by atoms with van der Waals surface area (Å²) in [5.74, 6) is 1.74. The average Bonchev–Trinajstić information content (AvgIpc) is 2.36. The Morgan fingerprint density at radius 1 is 0.700 bits per heavy atom. The van der Waals surface area contributed by atoms with E-state index in [1.807, 2.05) is 45.0 Å². The Labute approximate surface area is 121 Å². The number of aryl methyl sites for hydroxylation is 4. The monoisotopic (exact) mass is 270 g/mol. The molecule has 2 aromatic carbocycles. The van der Waals surface area contributed by atoms with Crippen LogP contribution in [0.25, 0.3) is 0 Å². The summed E-state index contributed by atoms with van der Waals surface area (Å²) in [6.45, 7) is 10.2. The van der Waals surface area contributed by atoms with E-state index in [2.05, 4.69) is 26.0 Å². The van der Waals surface area contributed by atoms with Crippen molar-refractivity contribution in [3.8, 4) is 11.5 Å². The van der Waals surface area contributed by atoms with Crippen LogP contribution < -0.4 is 9.47 Å². The summed E-state index contributed by atoms with van der Waals surface area (Å²) >= 11 is 0. The van der Waals surface area contributed by atoms with Crippen molar-refractivity contribution in [3.05, 3.63) is 58.7 Å². The second-order valence-corrected chi connectivity index (χ2v) is 5.34. The molecule has 2 heteroatoms. The van der Waals surface area contributed by atoms with Crippen LogP contribution in [0.5, 0.6) is 11.5 Å². The van der Waals surface area contributed by atoms with Crippen LogP contribution in [0.1, 0.15) is 29.2 Å². The minimum Gasteiger partial charge on any atom is -0.455 e. The molecule has 0 aliphatic heterocycles. The van der Waals surface area contributed by atoms with Gasteiger partial charge in [0, 0.05) is 6.92 Å². The highest BCUT2D eigenvalue weighted by atomic mass is 16.7. The Hall–Kier alpha value is -1.96. The molecule has 0 atom stereocenters. The molecule has 0 saturated carbocycles. The van der Waals surface area contributed by atoms with Crippen molar-refractivity contribution in [1.29, 1.82) is 0 Å². The molecule has 0 heterocycles. The molecule has 0 aliphatic carbocycles. The fraction of sp³-hybridized carbons (Fsp3) is 0.333. The van der Waals surface area contributed by atoms with Gasteiger partial charge >= 0.3 is 0 Å². The molecule has 2 aromatic rings. The van der Waals surface area contributed by atoms with E-state index in [4.69, 9.17) is 9.47 Å². The second kappa shape index (κ2) is 6.00. The van der Waals surface area contributed by atoms with E-state index in [0.29, 0.717) is 0 Å². The lowest BCUT2D eigenvalue weighted by Gasteiger charge is -2.19. The van der Waals surface area contributed by atoms with Crippen molar-refractivity contribution in [3.63, 3.8) is 0 Å². The Bertz CT molecular complexity index is 549. The highest BCUT2D eigenvalue weighted by Gasteiger charge is 2.09. The van der Waals surface area contributed by atoms with E-state index in [-0.39, 0.29) is 6.29 Å². The molecule has 0 spiro atoms. The Morgan fingerprint density at radius 2 is 1.10 bits per heavy atom. The lowest BCUT2D eigenvalue weighted by molar-refractivity contribution is 0.0212. The molecule has 0 bridgehead atoms. The van der Waals surface area contributed by atoms with Crippen LogP contribution in [0.15, 0.2) is 36.4 Å². The SMILES string of the molecule is Cc1ccc(OC(C)Oc2ccc(C)cc2C)c(C)c1. The third-order valence-electron chi connectivity index (χ3n) is 3.25. The van der Waals surface area contributed by atoms with Gasteiger partial charge in [-0.3, -0.25) is 0 Å². The molecule has 0 radical (unpaired) electrons. The number of benzene rings is 2. The molecule has 0 amide bonds. The van der Waals surface area contributed by atoms with Crippen molar-refractivity contribution < 1.29 is 9.47 Å². The molecule has 0 fully saturated rings. The first-order valence-corrected chi connectivity index (χ1v) is 6.93. The maximum absolute atomic E-state index is 5.87. The van der Waals surface area contributed by atoms with Gasteiger partial charge < -0.3 is 9.47 Å². The van der Waals surface area contributed by atoms with Crippen LogP contribution in [0, 0.1) is 27.7 Å². The highest BCUT2D eigenvalue weighted by Crippen LogP contribution is 2.23. The maximum atomic E-state index is 5.87. The van der Waals surface area contributed by atoms with E-state index in [1.54, 1.807) is 0 Å². The minimum atomic E-state index is -0.321. The van der Waals surface area contributed by atoms with Gasteiger partial charge in [0.05, 0.1) is 0 Å². The Morgan fingerprint density at radius 3 is 1.45 bits per heavy atom. The first kappa shape index (κ1) is 14.4. The second-order valence-electron chi connectivity index (χ2n) is 5.34. The van der Waals surface area contributed by atoms with Crippen molar-refractivity contribution in [2.45, 2.75) is 40.9 Å². The highest BCUT2D eigenvalue weighted by molar-refractivity contribution is 5.37. The first-order valence-electron chi connectivity index (χ1n) is 6.93. The third-order valence-corrected chi connectivity index (χ3v) is 3.25. The van der Waals surface area contributed by atoms with Crippen LogP contribution in [0.3, 0.4) is 0 Å². The number of hydrogen-bond acceptors (Lipinski definition) is 2. The molecular weight excluding hydrogens is 248 g/mol. The van der Waals surface area contributed by atoms with Crippen molar-refractivity contribution >= 4 is 0 Å². The van der Waals surface area contributed by atoms with Crippen molar-refractivity contribution in [2.24, 2.45) is 0 Å². The molecule has 0 saturated heterocycles. The number of rotatable bonds is 4. The largest absolute Gasteiger partial charge is 0.455 e. The molecule has 0 aliphatic rings. The van der Waals surface area contributed by atoms with Gasteiger partial charge in [0.25, 0.3) is 0 Å². The Balaban J connectivity index is 2.07. The number of hydrogen-bond donors (Lipinski definition) is 0. The summed E-state index contributed by atoms with van der Waals surface area (Å²) in [6, 6.07) is 12.3. The van der Waals surface area contributed by atoms with Gasteiger partial charge in [0.1, 0.15) is 11.5 Å². The summed E-state index contributed by atoms with van der Waals surface area (Å²) in [5.41, 5.74) is 4.72. The van der Waals surface area contributed by atoms with Crippen LogP contribution in [-0.2, 0) is 0 Å². The van der Waals surface area contributed by atoms with Crippen LogP contribution in [-0.4, -0.2) is 6.29 Å². The molecule has 0 unspecified atom stereocenters. The predicted octanol–water partition coefficient (Wildman–Crippen LogP) is 4.72. The van der Waals surface area contributed by atoms with Crippen LogP contribution in [0.2, 0.25) is 0 Å². The van der Waals surface area contributed by atoms with Crippen LogP contribution >= 0.6 is 0 Å². The van der Waals surface area contributed by atoms with E-state index in [0.717, 1.165) is 22.6 Å². The summed E-state index contributed by atoms with van der Waals surface area (Å²) in [5, 5.41) is 0. The van der Waals surface area contributed by atoms with Crippen molar-refractivity contribution in [1.82, 2.24) is 0 Å². The summed E-state index contributed by atoms with van der Waals surface area (Å²) in [7, 11) is 0. The first-order chi connectivity index (χ1) is 9.45. The lowest BCUT2D eigenvalue weighted by atomic mass is 10.1. The van der Waals surface area contributed by atoms with Gasteiger partial charge in [-0.15, -0.1) is 0 Å². The minimum absolute atomic E-state index is 0.321. The fourth-order valence-corrected chi connectivity index (χ4v) is 2.24. The average molecular weight is 270 g/mol. The molecule has 2 nitrogen and oxygen atoms in total. The van der Waals surface area contributed by atoms with Crippen molar-refractivity contribution in [2.75, 3.05) is 0 Å². The predicted molar refractivity (Wildman–Crippen MR) is 82.6 cm³/mol. The zero-order chi connectivity index (χ0) is 14.7. The van der Waals surface area contributed by atoms with E-state index >= 15 is 0 Å². The molecular formula is C18H22O2. The number of ether oxygens (including phenoxy) is 2. The Kier molecular flexibility index (Phi) is 4.33. The molecule has 20 heavy (non-hydrogen) atoms. The van der Waals surface area contributed by atoms with E-state index < -0.39 is 0 Å². The quantitative estimate of drug-likeness (QED) is 0.748. The topological polar surface area (TPSA) is 18.5 Å². The third kappa shape index (κ3) is 3.53. The maximum Gasteiger partial charge on any atom is 0.238 e. The van der Waals surface area contributed by atoms with Gasteiger partial charge in [0.15, 0.2) is 0 Å². The fourth-order valence-electron chi connectivity index (χ4n) is 2.24. The standard InChI is InChI=1S/C18H22O2/c1-12-6-8-17(14(3)10-12)19-16(5)20-18-9-7-13(2)11-15(18)4/h6-11,16H,1-5H3. The lowest BCUT2D eigenvalue weighted by Crippen LogP contribution is -2.20. The van der Waals surface area contributed by atoms with Gasteiger partial charge in [-0.05, 0) is 51.0 Å². The normalized spacial score (nSPS) is 10.7. The zero-order valence-corrected chi connectivity index (χ0v) is 12.9. The van der Waals surface area contributed by atoms with E-state index in [9.17, 15) is 0 Å². The molecule has 2 rings (SSSR count). The van der Waals surface area contributed by atoms with Gasteiger partial charge in [-0.2, -0.15) is 0 Å². The molecule has 106 valence electrons.